The minimum absolute atomic E-state index is 0.126. The Balaban J connectivity index is 1.53. The third-order valence-electron chi connectivity index (χ3n) is 5.08. The first-order valence-electron chi connectivity index (χ1n) is 9.79. The van der Waals surface area contributed by atoms with Crippen LogP contribution in [0.3, 0.4) is 0 Å². The molecule has 0 bridgehead atoms. The van der Waals surface area contributed by atoms with Gasteiger partial charge in [-0.25, -0.2) is 15.0 Å². The first-order chi connectivity index (χ1) is 13.8. The van der Waals surface area contributed by atoms with E-state index in [0.717, 1.165) is 12.8 Å². The Morgan fingerprint density at radius 3 is 2.93 bits per heavy atom. The smallest absolute Gasteiger partial charge is 0.274 e. The van der Waals surface area contributed by atoms with E-state index in [-0.39, 0.29) is 30.4 Å². The van der Waals surface area contributed by atoms with Crippen LogP contribution < -0.4 is 5.73 Å². The highest BCUT2D eigenvalue weighted by Gasteiger charge is 2.30. The number of ketones is 1. The lowest BCUT2D eigenvalue weighted by molar-refractivity contribution is -0.120. The van der Waals surface area contributed by atoms with Gasteiger partial charge in [0.05, 0.1) is 19.0 Å². The van der Waals surface area contributed by atoms with Crippen molar-refractivity contribution >= 4 is 32.9 Å². The van der Waals surface area contributed by atoms with Gasteiger partial charge in [0.25, 0.3) is 10.1 Å². The standard InChI is InChI=1S/C18H27N5O5S/c1-3-4-5-12(2)14(24)9-29(25,26)27-8-13-6-7-15(28-13)23-11-22-16-17(19)20-10-21-18(16)23/h10-13,15H,3-9H2,1-2H3,(H2,19,20,21)/t12-,13+,15-/m0/s1. The van der Waals surface area contributed by atoms with Gasteiger partial charge in [0.2, 0.25) is 0 Å². The predicted molar refractivity (Wildman–Crippen MR) is 106 cm³/mol. The molecule has 1 aliphatic rings. The third kappa shape index (κ3) is 5.28. The lowest BCUT2D eigenvalue weighted by atomic mass is 10.0. The average molecular weight is 426 g/mol. The fourth-order valence-corrected chi connectivity index (χ4v) is 4.38. The Kier molecular flexibility index (Phi) is 6.81. The highest BCUT2D eigenvalue weighted by atomic mass is 32.2. The lowest BCUT2D eigenvalue weighted by Gasteiger charge is -2.15. The zero-order valence-corrected chi connectivity index (χ0v) is 17.5. The molecule has 1 saturated heterocycles. The van der Waals surface area contributed by atoms with Crippen LogP contribution in [0.5, 0.6) is 0 Å². The van der Waals surface area contributed by atoms with Crippen molar-refractivity contribution in [2.45, 2.75) is 58.3 Å². The van der Waals surface area contributed by atoms with Gasteiger partial charge in [0.1, 0.15) is 23.8 Å². The molecule has 160 valence electrons. The van der Waals surface area contributed by atoms with Gasteiger partial charge < -0.3 is 10.5 Å². The number of hydrogen-bond donors (Lipinski definition) is 1. The molecule has 2 aromatic heterocycles. The number of rotatable bonds is 10. The van der Waals surface area contributed by atoms with Crippen LogP contribution in [0.15, 0.2) is 12.7 Å². The van der Waals surface area contributed by atoms with E-state index in [4.69, 9.17) is 14.7 Å². The molecule has 0 saturated carbocycles. The lowest BCUT2D eigenvalue weighted by Crippen LogP contribution is -2.26. The number of nitrogens with two attached hydrogens (primary N) is 1. The first kappa shape index (κ1) is 21.6. The van der Waals surface area contributed by atoms with Crippen molar-refractivity contribution in [3.05, 3.63) is 12.7 Å². The van der Waals surface area contributed by atoms with E-state index in [0.29, 0.717) is 30.4 Å². The predicted octanol–water partition coefficient (Wildman–Crippen LogP) is 1.83. The summed E-state index contributed by atoms with van der Waals surface area (Å²) in [6.45, 7) is 3.66. The molecule has 3 atom stereocenters. The molecule has 1 aliphatic heterocycles. The topological polar surface area (TPSA) is 139 Å². The SMILES string of the molecule is CCCC[C@H](C)C(=O)CS(=O)(=O)OC[C@H]1CC[C@@H](n2cnc3c(N)ncnc32)O1. The molecule has 0 amide bonds. The summed E-state index contributed by atoms with van der Waals surface area (Å²) in [6.07, 6.45) is 5.99. The number of nitrogen functional groups attached to an aromatic ring is 1. The number of unbranched alkanes of at least 4 members (excludes halogenated alkanes) is 1. The fourth-order valence-electron chi connectivity index (χ4n) is 3.30. The molecule has 1 fully saturated rings. The Morgan fingerprint density at radius 2 is 2.17 bits per heavy atom. The van der Waals surface area contributed by atoms with Gasteiger partial charge in [-0.2, -0.15) is 8.42 Å². The van der Waals surface area contributed by atoms with Crippen LogP contribution in [0.25, 0.3) is 11.2 Å². The largest absolute Gasteiger partial charge is 0.382 e. The molecule has 2 N–H and O–H groups in total. The van der Waals surface area contributed by atoms with E-state index in [1.165, 1.54) is 6.33 Å². The van der Waals surface area contributed by atoms with E-state index < -0.39 is 22.0 Å². The van der Waals surface area contributed by atoms with Crippen LogP contribution in [0.1, 0.15) is 52.2 Å². The molecular weight excluding hydrogens is 398 g/mol. The normalized spacial score (nSPS) is 20.9. The number of Topliss-reactive ketones (excluding diaryl/α,β-unsaturated/α-hetero) is 1. The Morgan fingerprint density at radius 1 is 1.38 bits per heavy atom. The van der Waals surface area contributed by atoms with Crippen molar-refractivity contribution in [2.24, 2.45) is 5.92 Å². The molecule has 0 spiro atoms. The van der Waals surface area contributed by atoms with Gasteiger partial charge in [-0.3, -0.25) is 13.5 Å². The quantitative estimate of drug-likeness (QED) is 0.564. The molecule has 29 heavy (non-hydrogen) atoms. The number of ether oxygens (including phenoxy) is 1. The van der Waals surface area contributed by atoms with Gasteiger partial charge in [-0.05, 0) is 19.3 Å². The van der Waals surface area contributed by atoms with Gasteiger partial charge in [0, 0.05) is 5.92 Å². The maximum atomic E-state index is 12.2. The van der Waals surface area contributed by atoms with Gasteiger partial charge in [-0.1, -0.05) is 26.7 Å². The second-order valence-electron chi connectivity index (χ2n) is 7.37. The first-order valence-corrected chi connectivity index (χ1v) is 11.4. The summed E-state index contributed by atoms with van der Waals surface area (Å²) >= 11 is 0. The Bertz CT molecular complexity index is 961. The molecular formula is C18H27N5O5S. The molecule has 11 heteroatoms. The van der Waals surface area contributed by atoms with Crippen molar-refractivity contribution in [1.82, 2.24) is 19.5 Å². The van der Waals surface area contributed by atoms with Gasteiger partial charge in [0.15, 0.2) is 17.2 Å². The highest BCUT2D eigenvalue weighted by Crippen LogP contribution is 2.31. The maximum absolute atomic E-state index is 12.2. The van der Waals surface area contributed by atoms with E-state index in [1.807, 2.05) is 6.92 Å². The summed E-state index contributed by atoms with van der Waals surface area (Å²) in [4.78, 5) is 24.4. The van der Waals surface area contributed by atoms with Crippen LogP contribution in [0, 0.1) is 5.92 Å². The van der Waals surface area contributed by atoms with E-state index in [9.17, 15) is 13.2 Å². The monoisotopic (exact) mass is 425 g/mol. The number of imidazole rings is 1. The summed E-state index contributed by atoms with van der Waals surface area (Å²) in [5.74, 6) is -0.915. The van der Waals surface area contributed by atoms with Gasteiger partial charge in [-0.15, -0.1) is 0 Å². The molecule has 0 aliphatic carbocycles. The van der Waals surface area contributed by atoms with Crippen LogP contribution in [-0.4, -0.2) is 52.2 Å². The Hall–Kier alpha value is -2.11. The van der Waals surface area contributed by atoms with Crippen LogP contribution >= 0.6 is 0 Å². The van der Waals surface area contributed by atoms with E-state index >= 15 is 0 Å². The number of aromatic nitrogens is 4. The molecule has 3 heterocycles. The highest BCUT2D eigenvalue weighted by molar-refractivity contribution is 7.87. The molecule has 0 unspecified atom stereocenters. The number of anilines is 1. The number of carbonyl (C=O) groups excluding carboxylic acids is 1. The summed E-state index contributed by atoms with van der Waals surface area (Å²) < 4.78 is 37.0. The van der Waals surface area contributed by atoms with Crippen molar-refractivity contribution < 1.29 is 22.1 Å². The molecule has 0 radical (unpaired) electrons. The second kappa shape index (κ2) is 9.14. The summed E-state index contributed by atoms with van der Waals surface area (Å²) in [7, 11) is -3.94. The van der Waals surface area contributed by atoms with E-state index in [2.05, 4.69) is 15.0 Å². The summed E-state index contributed by atoms with van der Waals surface area (Å²) in [5, 5.41) is 0. The van der Waals surface area contributed by atoms with Crippen LogP contribution in [0.2, 0.25) is 0 Å². The third-order valence-corrected chi connectivity index (χ3v) is 6.21. The minimum Gasteiger partial charge on any atom is -0.382 e. The van der Waals surface area contributed by atoms with Crippen molar-refractivity contribution in [3.8, 4) is 0 Å². The molecule has 0 aromatic carbocycles. The Labute approximate surface area is 169 Å². The van der Waals surface area contributed by atoms with Crippen molar-refractivity contribution in [1.29, 1.82) is 0 Å². The van der Waals surface area contributed by atoms with Crippen LogP contribution in [-0.2, 0) is 23.8 Å². The van der Waals surface area contributed by atoms with E-state index in [1.54, 1.807) is 17.8 Å². The number of nitrogens with zero attached hydrogens (tertiary/aromatic N) is 4. The summed E-state index contributed by atoms with van der Waals surface area (Å²) in [5.41, 5.74) is 6.85. The molecule has 10 nitrogen and oxygen atoms in total. The van der Waals surface area contributed by atoms with Crippen LogP contribution in [0.4, 0.5) is 5.82 Å². The average Bonchev–Trinajstić information content (AvgIpc) is 3.31. The zero-order chi connectivity index (χ0) is 21.0. The number of hydrogen-bond acceptors (Lipinski definition) is 9. The van der Waals surface area contributed by atoms with Crippen molar-refractivity contribution in [3.63, 3.8) is 0 Å². The second-order valence-corrected chi connectivity index (χ2v) is 9.01. The molecule has 2 aromatic rings. The molecule has 3 rings (SSSR count). The summed E-state index contributed by atoms with van der Waals surface area (Å²) in [6, 6.07) is 0. The van der Waals surface area contributed by atoms with Crippen molar-refractivity contribution in [2.75, 3.05) is 18.1 Å². The number of fused-ring (bicyclic) bond motifs is 1. The van der Waals surface area contributed by atoms with Gasteiger partial charge >= 0.3 is 0 Å². The maximum Gasteiger partial charge on any atom is 0.274 e. The number of carbonyl (C=O) groups is 1. The minimum atomic E-state index is -3.94. The zero-order valence-electron chi connectivity index (χ0n) is 16.7. The fraction of sp³-hybridized carbons (Fsp3) is 0.667.